The molecule has 1 aromatic carbocycles. The van der Waals surface area contributed by atoms with Gasteiger partial charge in [0.15, 0.2) is 0 Å². The van der Waals surface area contributed by atoms with E-state index in [2.05, 4.69) is 4.98 Å². The van der Waals surface area contributed by atoms with E-state index in [9.17, 15) is 4.79 Å². The van der Waals surface area contributed by atoms with Crippen LogP contribution >= 0.6 is 0 Å². The minimum absolute atomic E-state index is 0.0953. The lowest BCUT2D eigenvalue weighted by Gasteiger charge is -2.23. The molecular weight excluding hydrogens is 354 g/mol. The highest BCUT2D eigenvalue weighted by Crippen LogP contribution is 2.23. The molecule has 1 unspecified atom stereocenters. The fraction of sp³-hybridized carbons (Fsp3) is 0.182. The molecule has 3 aromatic heterocycles. The van der Waals surface area contributed by atoms with Crippen molar-refractivity contribution in [2.75, 3.05) is 7.05 Å². The summed E-state index contributed by atoms with van der Waals surface area (Å²) in [4.78, 5) is 19.0. The largest absolute Gasteiger partial charge is 0.487 e. The molecule has 0 spiro atoms. The monoisotopic (exact) mass is 375 g/mol. The van der Waals surface area contributed by atoms with Crippen LogP contribution in [0.5, 0.6) is 5.75 Å². The molecule has 0 N–H and O–H groups in total. The van der Waals surface area contributed by atoms with Crippen molar-refractivity contribution in [3.63, 3.8) is 0 Å². The first-order valence-electron chi connectivity index (χ1n) is 9.08. The Labute approximate surface area is 163 Å². The summed E-state index contributed by atoms with van der Waals surface area (Å²) < 4.78 is 13.2. The Morgan fingerprint density at radius 2 is 2.11 bits per heavy atom. The molecule has 0 radical (unpaired) electrons. The van der Waals surface area contributed by atoms with Crippen LogP contribution in [0.3, 0.4) is 0 Å². The van der Waals surface area contributed by atoms with Crippen molar-refractivity contribution in [2.45, 2.75) is 19.6 Å². The Bertz CT molecular complexity index is 1050. The van der Waals surface area contributed by atoms with Gasteiger partial charge in [-0.25, -0.2) is 4.98 Å². The van der Waals surface area contributed by atoms with E-state index < -0.39 is 0 Å². The summed E-state index contributed by atoms with van der Waals surface area (Å²) in [5, 5.41) is 0. The Hall–Kier alpha value is -3.54. The van der Waals surface area contributed by atoms with Crippen molar-refractivity contribution >= 4 is 11.6 Å². The van der Waals surface area contributed by atoms with Crippen LogP contribution in [0.15, 0.2) is 77.7 Å². The van der Waals surface area contributed by atoms with Crippen LogP contribution in [-0.2, 0) is 6.61 Å². The van der Waals surface area contributed by atoms with E-state index in [-0.39, 0.29) is 11.9 Å². The van der Waals surface area contributed by atoms with Crippen LogP contribution in [0.1, 0.15) is 34.8 Å². The lowest BCUT2D eigenvalue weighted by Crippen LogP contribution is -2.29. The molecule has 0 aliphatic heterocycles. The molecule has 0 fully saturated rings. The maximum Gasteiger partial charge on any atom is 0.254 e. The van der Waals surface area contributed by atoms with Gasteiger partial charge in [0.05, 0.1) is 18.0 Å². The summed E-state index contributed by atoms with van der Waals surface area (Å²) in [6.07, 6.45) is 5.49. The Kier molecular flexibility index (Phi) is 4.85. The van der Waals surface area contributed by atoms with E-state index in [1.165, 1.54) is 0 Å². The smallest absolute Gasteiger partial charge is 0.254 e. The number of ether oxygens (including phenoxy) is 1. The van der Waals surface area contributed by atoms with Gasteiger partial charge in [-0.15, -0.1) is 0 Å². The van der Waals surface area contributed by atoms with Crippen molar-refractivity contribution in [1.82, 2.24) is 14.3 Å². The number of hydrogen-bond acceptors (Lipinski definition) is 4. The summed E-state index contributed by atoms with van der Waals surface area (Å²) in [5.41, 5.74) is 2.26. The van der Waals surface area contributed by atoms with Crippen molar-refractivity contribution in [3.05, 3.63) is 90.3 Å². The van der Waals surface area contributed by atoms with Crippen LogP contribution in [0.25, 0.3) is 5.65 Å². The lowest BCUT2D eigenvalue weighted by atomic mass is 10.1. The molecule has 0 aliphatic rings. The van der Waals surface area contributed by atoms with Crippen LogP contribution in [-0.4, -0.2) is 27.2 Å². The van der Waals surface area contributed by atoms with Gasteiger partial charge in [-0.2, -0.15) is 0 Å². The Morgan fingerprint density at radius 3 is 2.89 bits per heavy atom. The number of aromatic nitrogens is 2. The molecule has 0 saturated heterocycles. The van der Waals surface area contributed by atoms with Gasteiger partial charge in [-0.3, -0.25) is 4.79 Å². The summed E-state index contributed by atoms with van der Waals surface area (Å²) >= 11 is 0. The zero-order chi connectivity index (χ0) is 19.5. The summed E-state index contributed by atoms with van der Waals surface area (Å²) in [7, 11) is 1.76. The lowest BCUT2D eigenvalue weighted by molar-refractivity contribution is 0.0725. The second-order valence-electron chi connectivity index (χ2n) is 6.62. The van der Waals surface area contributed by atoms with Gasteiger partial charge >= 0.3 is 0 Å². The number of benzene rings is 1. The van der Waals surface area contributed by atoms with Crippen LogP contribution in [0, 0.1) is 0 Å². The molecule has 1 atom stereocenters. The van der Waals surface area contributed by atoms with Gasteiger partial charge in [0.25, 0.3) is 5.91 Å². The highest BCUT2D eigenvalue weighted by molar-refractivity contribution is 5.94. The van der Waals surface area contributed by atoms with Gasteiger partial charge in [0, 0.05) is 25.0 Å². The quantitative estimate of drug-likeness (QED) is 0.503. The molecule has 4 aromatic rings. The third-order valence-corrected chi connectivity index (χ3v) is 4.74. The first-order valence-corrected chi connectivity index (χ1v) is 9.08. The van der Waals surface area contributed by atoms with Gasteiger partial charge < -0.3 is 18.5 Å². The van der Waals surface area contributed by atoms with E-state index in [0.717, 1.165) is 17.1 Å². The molecule has 1 amide bonds. The van der Waals surface area contributed by atoms with Crippen molar-refractivity contribution in [3.8, 4) is 5.75 Å². The number of imidazole rings is 1. The normalized spacial score (nSPS) is 12.1. The fourth-order valence-corrected chi connectivity index (χ4v) is 3.03. The SMILES string of the molecule is CC(c1ccco1)N(C)C(=O)c1cccc(OCc2cn3ccccc3n2)c1. The number of furan rings is 1. The molecular formula is C22H21N3O3. The number of rotatable bonds is 6. The Balaban J connectivity index is 1.45. The van der Waals surface area contributed by atoms with Crippen LogP contribution in [0.2, 0.25) is 0 Å². The molecule has 3 heterocycles. The summed E-state index contributed by atoms with van der Waals surface area (Å²) in [6.45, 7) is 2.26. The molecule has 0 bridgehead atoms. The van der Waals surface area contributed by atoms with Crippen LogP contribution in [0.4, 0.5) is 0 Å². The number of carbonyl (C=O) groups is 1. The molecule has 0 saturated carbocycles. The fourth-order valence-electron chi connectivity index (χ4n) is 3.03. The highest BCUT2D eigenvalue weighted by atomic mass is 16.5. The van der Waals surface area contributed by atoms with E-state index in [4.69, 9.17) is 9.15 Å². The molecule has 6 heteroatoms. The molecule has 6 nitrogen and oxygen atoms in total. The topological polar surface area (TPSA) is 60.0 Å². The van der Waals surface area contributed by atoms with Crippen LogP contribution < -0.4 is 4.74 Å². The number of nitrogens with zero attached hydrogens (tertiary/aromatic N) is 3. The third kappa shape index (κ3) is 3.62. The average molecular weight is 375 g/mol. The van der Waals surface area contributed by atoms with Gasteiger partial charge in [0.1, 0.15) is 23.8 Å². The van der Waals surface area contributed by atoms with Gasteiger partial charge in [-0.05, 0) is 49.4 Å². The second kappa shape index (κ2) is 7.60. The maximum absolute atomic E-state index is 12.8. The zero-order valence-electron chi connectivity index (χ0n) is 15.8. The predicted octanol–water partition coefficient (Wildman–Crippen LogP) is 4.34. The number of fused-ring (bicyclic) bond motifs is 1. The third-order valence-electron chi connectivity index (χ3n) is 4.74. The van der Waals surface area contributed by atoms with E-state index in [1.54, 1.807) is 30.3 Å². The molecule has 4 rings (SSSR count). The standard InChI is InChI=1S/C22H21N3O3/c1-16(20-9-6-12-27-20)24(2)22(26)17-7-5-8-19(13-17)28-15-18-14-25-11-4-3-10-21(25)23-18/h3-14,16H,15H2,1-2H3. The average Bonchev–Trinajstić information content (AvgIpc) is 3.40. The summed E-state index contributed by atoms with van der Waals surface area (Å²) in [5.74, 6) is 1.28. The number of carbonyl (C=O) groups excluding carboxylic acids is 1. The number of hydrogen-bond donors (Lipinski definition) is 0. The summed E-state index contributed by atoms with van der Waals surface area (Å²) in [6, 6.07) is 16.6. The van der Waals surface area contributed by atoms with Crippen molar-refractivity contribution in [2.24, 2.45) is 0 Å². The van der Waals surface area contributed by atoms with Gasteiger partial charge in [-0.1, -0.05) is 12.1 Å². The second-order valence-corrected chi connectivity index (χ2v) is 6.62. The van der Waals surface area contributed by atoms with E-state index in [0.29, 0.717) is 17.9 Å². The number of pyridine rings is 1. The highest BCUT2D eigenvalue weighted by Gasteiger charge is 2.21. The van der Waals surface area contributed by atoms with E-state index in [1.807, 2.05) is 66.2 Å². The van der Waals surface area contributed by atoms with Crippen molar-refractivity contribution < 1.29 is 13.9 Å². The molecule has 142 valence electrons. The first kappa shape index (κ1) is 17.9. The minimum atomic E-state index is -0.162. The Morgan fingerprint density at radius 1 is 1.21 bits per heavy atom. The maximum atomic E-state index is 12.8. The van der Waals surface area contributed by atoms with Crippen molar-refractivity contribution in [1.29, 1.82) is 0 Å². The predicted molar refractivity (Wildman–Crippen MR) is 105 cm³/mol. The zero-order valence-corrected chi connectivity index (χ0v) is 15.8. The number of amides is 1. The molecule has 28 heavy (non-hydrogen) atoms. The minimum Gasteiger partial charge on any atom is -0.487 e. The van der Waals surface area contributed by atoms with Gasteiger partial charge in [0.2, 0.25) is 0 Å². The van der Waals surface area contributed by atoms with E-state index >= 15 is 0 Å². The first-order chi connectivity index (χ1) is 13.6. The molecule has 0 aliphatic carbocycles.